The van der Waals surface area contributed by atoms with Crippen LogP contribution in [0.2, 0.25) is 0 Å². The van der Waals surface area contributed by atoms with E-state index in [0.717, 1.165) is 5.56 Å². The minimum absolute atomic E-state index is 0.251. The number of hydrogen-bond acceptors (Lipinski definition) is 5. The molecule has 126 valence electrons. The van der Waals surface area contributed by atoms with E-state index in [0.29, 0.717) is 23.9 Å². The van der Waals surface area contributed by atoms with Gasteiger partial charge in [-0.25, -0.2) is 14.4 Å². The van der Waals surface area contributed by atoms with E-state index in [4.69, 9.17) is 0 Å². The van der Waals surface area contributed by atoms with Gasteiger partial charge in [-0.1, -0.05) is 6.07 Å². The predicted octanol–water partition coefficient (Wildman–Crippen LogP) is 2.99. The molecule has 1 aromatic carbocycles. The molecule has 2 heterocycles. The number of carbonyl (C=O) groups is 1. The van der Waals surface area contributed by atoms with Gasteiger partial charge in [0, 0.05) is 30.7 Å². The van der Waals surface area contributed by atoms with Crippen molar-refractivity contribution in [2.24, 2.45) is 0 Å². The zero-order valence-corrected chi connectivity index (χ0v) is 13.5. The molecule has 0 aliphatic carbocycles. The topological polar surface area (TPSA) is 79.8 Å². The molecule has 3 rings (SSSR count). The van der Waals surface area contributed by atoms with Crippen molar-refractivity contribution in [3.05, 3.63) is 77.8 Å². The zero-order valence-electron chi connectivity index (χ0n) is 13.5. The van der Waals surface area contributed by atoms with Gasteiger partial charge in [0.15, 0.2) is 0 Å². The van der Waals surface area contributed by atoms with Gasteiger partial charge in [-0.2, -0.15) is 0 Å². The number of nitrogens with zero attached hydrogens (tertiary/aromatic N) is 3. The molecule has 0 spiro atoms. The number of anilines is 2. The molecule has 7 heteroatoms. The van der Waals surface area contributed by atoms with Crippen molar-refractivity contribution < 1.29 is 9.18 Å². The molecule has 0 unspecified atom stereocenters. The number of pyridine rings is 1. The number of nitrogens with one attached hydrogen (secondary N) is 2. The highest BCUT2D eigenvalue weighted by Gasteiger charge is 2.10. The van der Waals surface area contributed by atoms with Crippen LogP contribution in [0.15, 0.2) is 54.9 Å². The average molecular weight is 337 g/mol. The first-order valence-corrected chi connectivity index (χ1v) is 7.65. The van der Waals surface area contributed by atoms with Crippen LogP contribution in [0.25, 0.3) is 0 Å². The number of aryl methyl sites for hydroxylation is 1. The van der Waals surface area contributed by atoms with Gasteiger partial charge in [0.05, 0.1) is 0 Å². The molecule has 3 aromatic rings. The van der Waals surface area contributed by atoms with E-state index in [2.05, 4.69) is 25.6 Å². The lowest BCUT2D eigenvalue weighted by Gasteiger charge is -2.09. The molecular formula is C18H16FN5O. The third kappa shape index (κ3) is 4.57. The van der Waals surface area contributed by atoms with Crippen molar-refractivity contribution in [3.63, 3.8) is 0 Å². The number of benzene rings is 1. The molecule has 0 bridgehead atoms. The van der Waals surface area contributed by atoms with Crippen molar-refractivity contribution >= 4 is 17.4 Å². The van der Waals surface area contributed by atoms with Crippen molar-refractivity contribution in [3.8, 4) is 0 Å². The summed E-state index contributed by atoms with van der Waals surface area (Å²) in [5.41, 5.74) is 1.81. The van der Waals surface area contributed by atoms with Crippen molar-refractivity contribution in [1.29, 1.82) is 0 Å². The van der Waals surface area contributed by atoms with Gasteiger partial charge >= 0.3 is 0 Å². The first-order chi connectivity index (χ1) is 12.1. The Kier molecular flexibility index (Phi) is 4.94. The van der Waals surface area contributed by atoms with Gasteiger partial charge < -0.3 is 10.6 Å². The highest BCUT2D eigenvalue weighted by atomic mass is 19.1. The smallest absolute Gasteiger partial charge is 0.270 e. The monoisotopic (exact) mass is 337 g/mol. The molecule has 0 saturated carbocycles. The van der Waals surface area contributed by atoms with E-state index in [9.17, 15) is 9.18 Å². The van der Waals surface area contributed by atoms with E-state index in [1.165, 1.54) is 12.1 Å². The molecule has 25 heavy (non-hydrogen) atoms. The molecule has 0 aliphatic heterocycles. The van der Waals surface area contributed by atoms with Gasteiger partial charge in [0.1, 0.15) is 23.2 Å². The maximum absolute atomic E-state index is 13.0. The number of hydrogen-bond donors (Lipinski definition) is 2. The summed E-state index contributed by atoms with van der Waals surface area (Å²) >= 11 is 0. The van der Waals surface area contributed by atoms with Crippen LogP contribution in [0.4, 0.5) is 15.9 Å². The van der Waals surface area contributed by atoms with Crippen molar-refractivity contribution in [2.45, 2.75) is 13.5 Å². The van der Waals surface area contributed by atoms with Crippen LogP contribution in [-0.4, -0.2) is 20.9 Å². The fraction of sp³-hybridized carbons (Fsp3) is 0.111. The Morgan fingerprint density at radius 3 is 2.68 bits per heavy atom. The molecule has 0 fully saturated rings. The maximum atomic E-state index is 13.0. The lowest BCUT2D eigenvalue weighted by atomic mass is 10.2. The van der Waals surface area contributed by atoms with Gasteiger partial charge in [-0.05, 0) is 42.8 Å². The number of halogens is 1. The average Bonchev–Trinajstić information content (AvgIpc) is 2.62. The van der Waals surface area contributed by atoms with Crippen molar-refractivity contribution in [2.75, 3.05) is 5.32 Å². The van der Waals surface area contributed by atoms with E-state index in [1.54, 1.807) is 43.6 Å². The number of aromatic nitrogens is 3. The summed E-state index contributed by atoms with van der Waals surface area (Å²) in [6.45, 7) is 2.06. The van der Waals surface area contributed by atoms with E-state index >= 15 is 0 Å². The second-order valence-electron chi connectivity index (χ2n) is 5.36. The summed E-state index contributed by atoms with van der Waals surface area (Å²) in [6.07, 6.45) is 3.36. The maximum Gasteiger partial charge on any atom is 0.270 e. The van der Waals surface area contributed by atoms with Crippen LogP contribution in [0.1, 0.15) is 21.9 Å². The molecule has 2 aromatic heterocycles. The number of amides is 1. The molecule has 0 saturated heterocycles. The fourth-order valence-electron chi connectivity index (χ4n) is 2.20. The number of rotatable bonds is 5. The van der Waals surface area contributed by atoms with E-state index < -0.39 is 0 Å². The Bertz CT molecular complexity index is 868. The van der Waals surface area contributed by atoms with Gasteiger partial charge in [-0.15, -0.1) is 0 Å². The molecular weight excluding hydrogens is 321 g/mol. The van der Waals surface area contributed by atoms with Crippen LogP contribution in [0.3, 0.4) is 0 Å². The highest BCUT2D eigenvalue weighted by Crippen LogP contribution is 2.16. The molecule has 2 N–H and O–H groups in total. The third-order valence-electron chi connectivity index (χ3n) is 3.36. The quantitative estimate of drug-likeness (QED) is 0.748. The predicted molar refractivity (Wildman–Crippen MR) is 91.9 cm³/mol. The standard InChI is InChI=1S/C18H16FN5O/c1-12-22-16(18(25)21-11-13-3-2-8-20-10-13)9-17(23-12)24-15-6-4-14(19)5-7-15/h2-10H,11H2,1H3,(H,21,25)(H,22,23,24). The Labute approximate surface area is 144 Å². The Morgan fingerprint density at radius 2 is 1.96 bits per heavy atom. The Balaban J connectivity index is 1.72. The first kappa shape index (κ1) is 16.5. The van der Waals surface area contributed by atoms with Crippen molar-refractivity contribution in [1.82, 2.24) is 20.3 Å². The molecule has 0 aliphatic rings. The summed E-state index contributed by atoms with van der Waals surface area (Å²) in [5, 5.41) is 5.83. The Hall–Kier alpha value is -3.35. The van der Waals surface area contributed by atoms with Crippen LogP contribution < -0.4 is 10.6 Å². The van der Waals surface area contributed by atoms with Crippen LogP contribution in [-0.2, 0) is 6.54 Å². The summed E-state index contributed by atoms with van der Waals surface area (Å²) in [6, 6.07) is 11.1. The SMILES string of the molecule is Cc1nc(Nc2ccc(F)cc2)cc(C(=O)NCc2cccnc2)n1. The summed E-state index contributed by atoms with van der Waals surface area (Å²) < 4.78 is 13.0. The largest absolute Gasteiger partial charge is 0.347 e. The lowest BCUT2D eigenvalue weighted by molar-refractivity contribution is 0.0945. The zero-order chi connectivity index (χ0) is 17.6. The second kappa shape index (κ2) is 7.48. The summed E-state index contributed by atoms with van der Waals surface area (Å²) in [7, 11) is 0. The second-order valence-corrected chi connectivity index (χ2v) is 5.36. The van der Waals surface area contributed by atoms with Gasteiger partial charge in [0.25, 0.3) is 5.91 Å². The minimum atomic E-state index is -0.320. The Morgan fingerprint density at radius 1 is 1.16 bits per heavy atom. The van der Waals surface area contributed by atoms with Gasteiger partial charge in [0.2, 0.25) is 0 Å². The molecule has 1 amide bonds. The minimum Gasteiger partial charge on any atom is -0.347 e. The number of carbonyl (C=O) groups excluding carboxylic acids is 1. The van der Waals surface area contributed by atoms with Crippen LogP contribution >= 0.6 is 0 Å². The highest BCUT2D eigenvalue weighted by molar-refractivity contribution is 5.93. The molecule has 6 nitrogen and oxygen atoms in total. The normalized spacial score (nSPS) is 10.3. The first-order valence-electron chi connectivity index (χ1n) is 7.65. The van der Waals surface area contributed by atoms with E-state index in [-0.39, 0.29) is 17.4 Å². The third-order valence-corrected chi connectivity index (χ3v) is 3.36. The summed E-state index contributed by atoms with van der Waals surface area (Å²) in [4.78, 5) is 24.7. The summed E-state index contributed by atoms with van der Waals surface area (Å²) in [5.74, 6) is 0.292. The lowest BCUT2D eigenvalue weighted by Crippen LogP contribution is -2.24. The fourth-order valence-corrected chi connectivity index (χ4v) is 2.20. The van der Waals surface area contributed by atoms with E-state index in [1.807, 2.05) is 6.07 Å². The van der Waals surface area contributed by atoms with Gasteiger partial charge in [-0.3, -0.25) is 9.78 Å². The molecule has 0 radical (unpaired) electrons. The molecule has 0 atom stereocenters. The van der Waals surface area contributed by atoms with Crippen LogP contribution in [0, 0.1) is 12.7 Å². The van der Waals surface area contributed by atoms with Crippen LogP contribution in [0.5, 0.6) is 0 Å².